The molecule has 1 aromatic heterocycles. The van der Waals surface area contributed by atoms with Gasteiger partial charge in [0, 0.05) is 30.4 Å². The largest absolute Gasteiger partial charge is 0.444 e. The van der Waals surface area contributed by atoms with Gasteiger partial charge in [-0.15, -0.1) is 0 Å². The first kappa shape index (κ1) is 20.5. The lowest BCUT2D eigenvalue weighted by Gasteiger charge is -2.40. The van der Waals surface area contributed by atoms with E-state index in [1.807, 2.05) is 37.9 Å². The summed E-state index contributed by atoms with van der Waals surface area (Å²) in [7, 11) is 0. The number of carbonyl (C=O) groups excluding carboxylic acids is 1. The molecule has 1 amide bonds. The number of hydrogen-bond donors (Lipinski definition) is 0. The molecule has 5 heteroatoms. The van der Waals surface area contributed by atoms with Gasteiger partial charge in [0.05, 0.1) is 6.04 Å². The maximum absolute atomic E-state index is 12.8. The predicted octanol–water partition coefficient (Wildman–Crippen LogP) is 5.17. The number of aromatic nitrogens is 1. The number of hydrogen-bond acceptors (Lipinski definition) is 4. The molecule has 146 valence electrons. The SMILES string of the molecule is CC(C)N(c1ncccc1[C@H]1CCCCN1C(=O)OC(C)(C)C)C(C)C. The van der Waals surface area contributed by atoms with E-state index in [4.69, 9.17) is 9.72 Å². The Morgan fingerprint density at radius 3 is 2.46 bits per heavy atom. The van der Waals surface area contributed by atoms with E-state index < -0.39 is 5.60 Å². The van der Waals surface area contributed by atoms with E-state index in [-0.39, 0.29) is 12.1 Å². The number of anilines is 1. The van der Waals surface area contributed by atoms with Gasteiger partial charge in [-0.25, -0.2) is 9.78 Å². The number of rotatable bonds is 4. The van der Waals surface area contributed by atoms with Crippen LogP contribution in [-0.4, -0.2) is 40.2 Å². The minimum absolute atomic E-state index is 0.0160. The van der Waals surface area contributed by atoms with Gasteiger partial charge in [0.25, 0.3) is 0 Å². The Labute approximate surface area is 158 Å². The van der Waals surface area contributed by atoms with Gasteiger partial charge < -0.3 is 14.5 Å². The molecule has 1 aliphatic heterocycles. The van der Waals surface area contributed by atoms with Gasteiger partial charge in [-0.1, -0.05) is 6.07 Å². The molecule has 1 atom stereocenters. The lowest BCUT2D eigenvalue weighted by Crippen LogP contribution is -2.43. The number of likely N-dealkylation sites (tertiary alicyclic amines) is 1. The molecular formula is C21H35N3O2. The predicted molar refractivity (Wildman–Crippen MR) is 107 cm³/mol. The topological polar surface area (TPSA) is 45.7 Å². The molecule has 0 saturated carbocycles. The summed E-state index contributed by atoms with van der Waals surface area (Å²) in [6, 6.07) is 4.78. The summed E-state index contributed by atoms with van der Waals surface area (Å²) in [5.74, 6) is 0.984. The standard InChI is InChI=1S/C21H35N3O2/c1-15(2)24(16(3)4)19-17(11-10-13-22-19)18-12-8-9-14-23(18)20(25)26-21(5,6)7/h10-11,13,15-16,18H,8-9,12,14H2,1-7H3/t18-/m1/s1. The summed E-state index contributed by atoms with van der Waals surface area (Å²) in [5.41, 5.74) is 0.638. The van der Waals surface area contributed by atoms with Crippen LogP contribution in [0.25, 0.3) is 0 Å². The van der Waals surface area contributed by atoms with Crippen LogP contribution in [-0.2, 0) is 4.74 Å². The number of pyridine rings is 1. The molecule has 0 spiro atoms. The monoisotopic (exact) mass is 361 g/mol. The summed E-state index contributed by atoms with van der Waals surface area (Å²) in [6.07, 6.45) is 4.70. The van der Waals surface area contributed by atoms with E-state index in [2.05, 4.69) is 38.7 Å². The fourth-order valence-electron chi connectivity index (χ4n) is 3.76. The zero-order valence-electron chi connectivity index (χ0n) is 17.5. The Morgan fingerprint density at radius 1 is 1.23 bits per heavy atom. The Hall–Kier alpha value is -1.78. The highest BCUT2D eigenvalue weighted by Crippen LogP contribution is 2.37. The summed E-state index contributed by atoms with van der Waals surface area (Å²) < 4.78 is 5.68. The number of carbonyl (C=O) groups is 1. The van der Waals surface area contributed by atoms with Crippen LogP contribution in [0.1, 0.15) is 79.3 Å². The third-order valence-corrected chi connectivity index (χ3v) is 4.66. The van der Waals surface area contributed by atoms with Gasteiger partial charge >= 0.3 is 6.09 Å². The molecule has 0 N–H and O–H groups in total. The van der Waals surface area contributed by atoms with E-state index in [1.54, 1.807) is 0 Å². The second kappa shape index (κ2) is 8.28. The first-order valence-electron chi connectivity index (χ1n) is 9.84. The smallest absolute Gasteiger partial charge is 0.410 e. The summed E-state index contributed by atoms with van der Waals surface area (Å²) in [6.45, 7) is 15.2. The first-order chi connectivity index (χ1) is 12.1. The minimum Gasteiger partial charge on any atom is -0.444 e. The lowest BCUT2D eigenvalue weighted by atomic mass is 9.95. The first-order valence-corrected chi connectivity index (χ1v) is 9.84. The highest BCUT2D eigenvalue weighted by Gasteiger charge is 2.34. The molecule has 26 heavy (non-hydrogen) atoms. The van der Waals surface area contributed by atoms with Crippen LogP contribution in [0, 0.1) is 0 Å². The van der Waals surface area contributed by atoms with E-state index in [0.717, 1.165) is 37.2 Å². The zero-order valence-corrected chi connectivity index (χ0v) is 17.5. The number of nitrogens with zero attached hydrogens (tertiary/aromatic N) is 3. The molecule has 0 aromatic carbocycles. The molecule has 0 bridgehead atoms. The van der Waals surface area contributed by atoms with Crippen LogP contribution in [0.5, 0.6) is 0 Å². The van der Waals surface area contributed by atoms with E-state index in [9.17, 15) is 4.79 Å². The van der Waals surface area contributed by atoms with Crippen molar-refractivity contribution in [3.8, 4) is 0 Å². The van der Waals surface area contributed by atoms with Gasteiger partial charge in [0.1, 0.15) is 11.4 Å². The van der Waals surface area contributed by atoms with Gasteiger partial charge in [-0.05, 0) is 73.8 Å². The highest BCUT2D eigenvalue weighted by molar-refractivity contribution is 5.69. The molecular weight excluding hydrogens is 326 g/mol. The second-order valence-corrected chi connectivity index (χ2v) is 8.70. The molecule has 0 radical (unpaired) electrons. The summed E-state index contributed by atoms with van der Waals surface area (Å²) in [4.78, 5) is 21.8. The van der Waals surface area contributed by atoms with Crippen LogP contribution in [0.3, 0.4) is 0 Å². The molecule has 1 aromatic rings. The Bertz CT molecular complexity index is 600. The van der Waals surface area contributed by atoms with Crippen LogP contribution in [0.15, 0.2) is 18.3 Å². The van der Waals surface area contributed by atoms with Crippen molar-refractivity contribution in [2.75, 3.05) is 11.4 Å². The van der Waals surface area contributed by atoms with Gasteiger partial charge in [-0.3, -0.25) is 0 Å². The molecule has 2 rings (SSSR count). The Kier molecular flexibility index (Phi) is 6.53. The third-order valence-electron chi connectivity index (χ3n) is 4.66. The number of amides is 1. The van der Waals surface area contributed by atoms with Crippen molar-refractivity contribution in [1.29, 1.82) is 0 Å². The van der Waals surface area contributed by atoms with Crippen LogP contribution in [0.4, 0.5) is 10.6 Å². The maximum Gasteiger partial charge on any atom is 0.410 e. The van der Waals surface area contributed by atoms with Crippen molar-refractivity contribution in [1.82, 2.24) is 9.88 Å². The molecule has 1 saturated heterocycles. The molecule has 5 nitrogen and oxygen atoms in total. The van der Waals surface area contributed by atoms with E-state index >= 15 is 0 Å². The summed E-state index contributed by atoms with van der Waals surface area (Å²) >= 11 is 0. The minimum atomic E-state index is -0.487. The second-order valence-electron chi connectivity index (χ2n) is 8.70. The zero-order chi connectivity index (χ0) is 19.5. The summed E-state index contributed by atoms with van der Waals surface area (Å²) in [5, 5.41) is 0. The molecule has 0 aliphatic carbocycles. The number of piperidine rings is 1. The average Bonchev–Trinajstić information content (AvgIpc) is 2.53. The fraction of sp³-hybridized carbons (Fsp3) is 0.714. The van der Waals surface area contributed by atoms with E-state index in [1.165, 1.54) is 0 Å². The van der Waals surface area contributed by atoms with Crippen LogP contribution >= 0.6 is 0 Å². The molecule has 0 unspecified atom stereocenters. The van der Waals surface area contributed by atoms with Crippen molar-refractivity contribution < 1.29 is 9.53 Å². The molecule has 1 fully saturated rings. The van der Waals surface area contributed by atoms with Gasteiger partial charge in [-0.2, -0.15) is 0 Å². The third kappa shape index (κ3) is 4.89. The molecule has 2 heterocycles. The highest BCUT2D eigenvalue weighted by atomic mass is 16.6. The van der Waals surface area contributed by atoms with Crippen molar-refractivity contribution in [3.63, 3.8) is 0 Å². The van der Waals surface area contributed by atoms with E-state index in [0.29, 0.717) is 12.1 Å². The Balaban J connectivity index is 2.40. The van der Waals surface area contributed by atoms with Gasteiger partial charge in [0.15, 0.2) is 0 Å². The number of ether oxygens (including phenoxy) is 1. The van der Waals surface area contributed by atoms with Crippen molar-refractivity contribution >= 4 is 11.9 Å². The van der Waals surface area contributed by atoms with Crippen molar-refractivity contribution in [2.45, 2.75) is 91.5 Å². The maximum atomic E-state index is 12.8. The average molecular weight is 362 g/mol. The fourth-order valence-corrected chi connectivity index (χ4v) is 3.76. The van der Waals surface area contributed by atoms with Gasteiger partial charge in [0.2, 0.25) is 0 Å². The Morgan fingerprint density at radius 2 is 1.88 bits per heavy atom. The normalized spacial score (nSPS) is 18.3. The van der Waals surface area contributed by atoms with Crippen LogP contribution < -0.4 is 4.90 Å². The quantitative estimate of drug-likeness (QED) is 0.742. The van der Waals surface area contributed by atoms with Crippen molar-refractivity contribution in [2.24, 2.45) is 0 Å². The van der Waals surface area contributed by atoms with Crippen LogP contribution in [0.2, 0.25) is 0 Å². The molecule has 1 aliphatic rings. The van der Waals surface area contributed by atoms with Crippen molar-refractivity contribution in [3.05, 3.63) is 23.9 Å². The lowest BCUT2D eigenvalue weighted by molar-refractivity contribution is 0.00954.